The maximum absolute atomic E-state index is 9.44. The van der Waals surface area contributed by atoms with Crippen molar-refractivity contribution in [2.75, 3.05) is 33.8 Å². The monoisotopic (exact) mass is 332 g/mol. The zero-order valence-electron chi connectivity index (χ0n) is 11.0. The lowest BCUT2D eigenvalue weighted by Gasteiger charge is -2.41. The van der Waals surface area contributed by atoms with Gasteiger partial charge in [0.15, 0.2) is 0 Å². The SMILES string of the molecule is CN(C)[C@@H]1CN(Cc2ccc(Br)s2)CC[C@@H]1CO. The zero-order valence-corrected chi connectivity index (χ0v) is 13.4. The van der Waals surface area contributed by atoms with Gasteiger partial charge >= 0.3 is 0 Å². The van der Waals surface area contributed by atoms with Crippen LogP contribution in [-0.4, -0.2) is 54.7 Å². The number of likely N-dealkylation sites (tertiary alicyclic amines) is 1. The molecule has 1 aromatic rings. The Morgan fingerprint density at radius 1 is 1.50 bits per heavy atom. The van der Waals surface area contributed by atoms with Crippen LogP contribution in [0.3, 0.4) is 0 Å². The molecule has 0 amide bonds. The van der Waals surface area contributed by atoms with Crippen molar-refractivity contribution in [3.63, 3.8) is 0 Å². The van der Waals surface area contributed by atoms with Gasteiger partial charge in [-0.25, -0.2) is 0 Å². The molecule has 2 atom stereocenters. The van der Waals surface area contributed by atoms with Crippen LogP contribution in [0, 0.1) is 5.92 Å². The predicted molar refractivity (Wildman–Crippen MR) is 80.0 cm³/mol. The van der Waals surface area contributed by atoms with Crippen molar-refractivity contribution < 1.29 is 5.11 Å². The van der Waals surface area contributed by atoms with Crippen LogP contribution in [0.15, 0.2) is 15.9 Å². The van der Waals surface area contributed by atoms with E-state index in [2.05, 4.69) is 52.0 Å². The summed E-state index contributed by atoms with van der Waals surface area (Å²) in [4.78, 5) is 6.15. The quantitative estimate of drug-likeness (QED) is 0.916. The highest BCUT2D eigenvalue weighted by Crippen LogP contribution is 2.26. The van der Waals surface area contributed by atoms with E-state index in [1.54, 1.807) is 0 Å². The minimum Gasteiger partial charge on any atom is -0.396 e. The van der Waals surface area contributed by atoms with Crippen molar-refractivity contribution >= 4 is 27.3 Å². The second kappa shape index (κ2) is 6.48. The van der Waals surface area contributed by atoms with Gasteiger partial charge in [-0.15, -0.1) is 11.3 Å². The number of aliphatic hydroxyl groups excluding tert-OH is 1. The van der Waals surface area contributed by atoms with Crippen LogP contribution in [0.1, 0.15) is 11.3 Å². The summed E-state index contributed by atoms with van der Waals surface area (Å²) in [7, 11) is 4.22. The summed E-state index contributed by atoms with van der Waals surface area (Å²) < 4.78 is 1.20. The first kappa shape index (κ1) is 14.5. The Balaban J connectivity index is 1.95. The standard InChI is InChI=1S/C13H21BrN2OS/c1-15(2)12-8-16(6-5-10(12)9-17)7-11-3-4-13(14)18-11/h3-4,10,12,17H,5-9H2,1-2H3/t10-,12-/m1/s1. The Kier molecular flexibility index (Phi) is 5.21. The summed E-state index contributed by atoms with van der Waals surface area (Å²) in [6.45, 7) is 3.47. The van der Waals surface area contributed by atoms with Crippen LogP contribution in [0.25, 0.3) is 0 Å². The van der Waals surface area contributed by atoms with Crippen LogP contribution in [0.5, 0.6) is 0 Å². The highest BCUT2D eigenvalue weighted by Gasteiger charge is 2.30. The summed E-state index contributed by atoms with van der Waals surface area (Å²) in [5, 5.41) is 9.44. The number of piperidine rings is 1. The lowest BCUT2D eigenvalue weighted by atomic mass is 9.91. The normalized spacial score (nSPS) is 25.8. The second-order valence-electron chi connectivity index (χ2n) is 5.20. The molecule has 1 aromatic heterocycles. The molecule has 0 aliphatic carbocycles. The van der Waals surface area contributed by atoms with Crippen LogP contribution in [-0.2, 0) is 6.54 Å². The van der Waals surface area contributed by atoms with Gasteiger partial charge in [-0.1, -0.05) is 0 Å². The lowest BCUT2D eigenvalue weighted by molar-refractivity contribution is 0.0465. The summed E-state index contributed by atoms with van der Waals surface area (Å²) in [6, 6.07) is 4.77. The number of aliphatic hydroxyl groups is 1. The van der Waals surface area contributed by atoms with Gasteiger partial charge in [0.25, 0.3) is 0 Å². The minimum absolute atomic E-state index is 0.307. The summed E-state index contributed by atoms with van der Waals surface area (Å²) in [5.74, 6) is 0.423. The van der Waals surface area contributed by atoms with Gasteiger partial charge in [0.05, 0.1) is 3.79 Å². The molecule has 0 saturated carbocycles. The number of halogens is 1. The molecule has 0 unspecified atom stereocenters. The number of rotatable bonds is 4. The summed E-state index contributed by atoms with van der Waals surface area (Å²) in [6.07, 6.45) is 1.09. The van der Waals surface area contributed by atoms with E-state index in [-0.39, 0.29) is 0 Å². The van der Waals surface area contributed by atoms with Gasteiger partial charge in [-0.05, 0) is 61.0 Å². The number of nitrogens with zero attached hydrogens (tertiary/aromatic N) is 2. The predicted octanol–water partition coefficient (Wildman–Crippen LogP) is 2.26. The number of likely N-dealkylation sites (N-methyl/N-ethyl adjacent to an activating group) is 1. The Hall–Kier alpha value is 0.0600. The molecule has 1 saturated heterocycles. The van der Waals surface area contributed by atoms with Gasteiger partial charge in [0, 0.05) is 30.6 Å². The third-order valence-corrected chi connectivity index (χ3v) is 5.32. The van der Waals surface area contributed by atoms with Crippen LogP contribution >= 0.6 is 27.3 Å². The van der Waals surface area contributed by atoms with E-state index in [0.717, 1.165) is 26.1 Å². The molecule has 1 fully saturated rings. The Labute approximate surface area is 122 Å². The molecule has 1 aliphatic rings. The van der Waals surface area contributed by atoms with Crippen molar-refractivity contribution in [1.29, 1.82) is 0 Å². The summed E-state index contributed by atoms with van der Waals surface area (Å²) >= 11 is 5.32. The third kappa shape index (κ3) is 3.54. The highest BCUT2D eigenvalue weighted by atomic mass is 79.9. The third-order valence-electron chi connectivity index (χ3n) is 3.71. The fourth-order valence-electron chi connectivity index (χ4n) is 2.64. The molecule has 0 spiro atoms. The Morgan fingerprint density at radius 2 is 2.28 bits per heavy atom. The molecule has 0 radical (unpaired) electrons. The van der Waals surface area contributed by atoms with Crippen molar-refractivity contribution in [3.05, 3.63) is 20.8 Å². The number of thiophene rings is 1. The van der Waals surface area contributed by atoms with Crippen molar-refractivity contribution in [3.8, 4) is 0 Å². The number of hydrogen-bond donors (Lipinski definition) is 1. The van der Waals surface area contributed by atoms with Gasteiger partial charge in [0.1, 0.15) is 0 Å². The smallest absolute Gasteiger partial charge is 0.0701 e. The van der Waals surface area contributed by atoms with Crippen molar-refractivity contribution in [2.24, 2.45) is 5.92 Å². The van der Waals surface area contributed by atoms with Crippen LogP contribution in [0.2, 0.25) is 0 Å². The lowest BCUT2D eigenvalue weighted by Crippen LogP contribution is -2.51. The molecular weight excluding hydrogens is 312 g/mol. The minimum atomic E-state index is 0.307. The highest BCUT2D eigenvalue weighted by molar-refractivity contribution is 9.11. The molecule has 0 bridgehead atoms. The van der Waals surface area contributed by atoms with Crippen molar-refractivity contribution in [1.82, 2.24) is 9.80 Å². The van der Waals surface area contributed by atoms with E-state index in [9.17, 15) is 5.11 Å². The van der Waals surface area contributed by atoms with E-state index in [0.29, 0.717) is 18.6 Å². The average Bonchev–Trinajstić information content (AvgIpc) is 2.74. The fraction of sp³-hybridized carbons (Fsp3) is 0.692. The first-order valence-electron chi connectivity index (χ1n) is 6.34. The van der Waals surface area contributed by atoms with Crippen LogP contribution in [0.4, 0.5) is 0 Å². The molecular formula is C13H21BrN2OS. The van der Waals surface area contributed by atoms with Gasteiger partial charge in [-0.3, -0.25) is 4.90 Å². The molecule has 3 nitrogen and oxygen atoms in total. The van der Waals surface area contributed by atoms with E-state index < -0.39 is 0 Å². The van der Waals surface area contributed by atoms with E-state index in [4.69, 9.17) is 0 Å². The molecule has 1 N–H and O–H groups in total. The average molecular weight is 333 g/mol. The topological polar surface area (TPSA) is 26.7 Å². The molecule has 5 heteroatoms. The van der Waals surface area contributed by atoms with Gasteiger partial charge in [-0.2, -0.15) is 0 Å². The number of hydrogen-bond acceptors (Lipinski definition) is 4. The summed E-state index contributed by atoms with van der Waals surface area (Å²) in [5.41, 5.74) is 0. The maximum atomic E-state index is 9.44. The van der Waals surface area contributed by atoms with E-state index in [1.165, 1.54) is 8.66 Å². The molecule has 2 heterocycles. The second-order valence-corrected chi connectivity index (χ2v) is 7.75. The molecule has 1 aliphatic heterocycles. The molecule has 2 rings (SSSR count). The van der Waals surface area contributed by atoms with Crippen LogP contribution < -0.4 is 0 Å². The molecule has 102 valence electrons. The van der Waals surface area contributed by atoms with E-state index in [1.807, 2.05) is 11.3 Å². The maximum Gasteiger partial charge on any atom is 0.0701 e. The zero-order chi connectivity index (χ0) is 13.1. The Morgan fingerprint density at radius 3 is 2.83 bits per heavy atom. The fourth-order valence-corrected chi connectivity index (χ4v) is 4.17. The first-order chi connectivity index (χ1) is 8.60. The molecule has 18 heavy (non-hydrogen) atoms. The van der Waals surface area contributed by atoms with Crippen molar-refractivity contribution in [2.45, 2.75) is 19.0 Å². The van der Waals surface area contributed by atoms with Gasteiger partial charge in [0.2, 0.25) is 0 Å². The van der Waals surface area contributed by atoms with E-state index >= 15 is 0 Å². The molecule has 0 aromatic carbocycles. The Bertz CT molecular complexity index is 383. The first-order valence-corrected chi connectivity index (χ1v) is 7.95. The largest absolute Gasteiger partial charge is 0.396 e. The van der Waals surface area contributed by atoms with Gasteiger partial charge < -0.3 is 10.0 Å².